The first-order valence-electron chi connectivity index (χ1n) is 12.3. The average molecular weight is 486 g/mol. The lowest BCUT2D eigenvalue weighted by Gasteiger charge is -2.28. The molecule has 2 heterocycles. The lowest BCUT2D eigenvalue weighted by Crippen LogP contribution is -2.37. The number of nitrogens with zero attached hydrogens (tertiary/aromatic N) is 2. The molecule has 2 aromatic rings. The van der Waals surface area contributed by atoms with E-state index in [4.69, 9.17) is 4.74 Å². The fourth-order valence-corrected chi connectivity index (χ4v) is 6.42. The van der Waals surface area contributed by atoms with E-state index < -0.39 is 10.0 Å². The van der Waals surface area contributed by atoms with Crippen LogP contribution in [0, 0.1) is 0 Å². The van der Waals surface area contributed by atoms with Gasteiger partial charge in [-0.25, -0.2) is 8.42 Å². The van der Waals surface area contributed by atoms with Gasteiger partial charge in [-0.05, 0) is 74.7 Å². The molecule has 0 aromatic heterocycles. The second-order valence-corrected chi connectivity index (χ2v) is 11.0. The third kappa shape index (κ3) is 5.79. The Morgan fingerprint density at radius 2 is 1.59 bits per heavy atom. The number of nitrogens with one attached hydrogen (secondary N) is 1. The summed E-state index contributed by atoms with van der Waals surface area (Å²) in [5.74, 6) is 0.543. The van der Waals surface area contributed by atoms with E-state index in [0.717, 1.165) is 62.9 Å². The van der Waals surface area contributed by atoms with Gasteiger partial charge in [0.1, 0.15) is 5.75 Å². The van der Waals surface area contributed by atoms with Gasteiger partial charge in [0.15, 0.2) is 0 Å². The van der Waals surface area contributed by atoms with E-state index in [0.29, 0.717) is 25.2 Å². The van der Waals surface area contributed by atoms with Gasteiger partial charge in [0.05, 0.1) is 18.0 Å². The maximum Gasteiger partial charge on any atom is 0.251 e. The lowest BCUT2D eigenvalue weighted by atomic mass is 10.0. The van der Waals surface area contributed by atoms with Crippen molar-refractivity contribution < 1.29 is 17.9 Å². The molecule has 4 rings (SSSR count). The molecule has 0 aliphatic carbocycles. The molecule has 0 bridgehead atoms. The van der Waals surface area contributed by atoms with Gasteiger partial charge in [0, 0.05) is 25.2 Å². The normalized spacial score (nSPS) is 18.9. The molecule has 7 nitrogen and oxygen atoms in total. The summed E-state index contributed by atoms with van der Waals surface area (Å²) in [5.41, 5.74) is 1.49. The Bertz CT molecular complexity index is 1060. The van der Waals surface area contributed by atoms with Crippen LogP contribution in [0.1, 0.15) is 60.5 Å². The van der Waals surface area contributed by atoms with Crippen molar-refractivity contribution in [1.29, 1.82) is 0 Å². The van der Waals surface area contributed by atoms with Crippen molar-refractivity contribution in [2.75, 3.05) is 39.8 Å². The number of hydrogen-bond acceptors (Lipinski definition) is 5. The van der Waals surface area contributed by atoms with Crippen LogP contribution in [0.3, 0.4) is 0 Å². The first-order chi connectivity index (χ1) is 16.5. The van der Waals surface area contributed by atoms with E-state index in [-0.39, 0.29) is 16.8 Å². The summed E-state index contributed by atoms with van der Waals surface area (Å²) in [6, 6.07) is 14.5. The van der Waals surface area contributed by atoms with Crippen molar-refractivity contribution in [2.24, 2.45) is 0 Å². The molecule has 0 spiro atoms. The van der Waals surface area contributed by atoms with E-state index in [1.54, 1.807) is 29.6 Å². The molecule has 2 aliphatic rings. The van der Waals surface area contributed by atoms with Gasteiger partial charge in [0.2, 0.25) is 10.0 Å². The highest BCUT2D eigenvalue weighted by Gasteiger charge is 2.27. The second kappa shape index (κ2) is 11.3. The molecule has 2 aromatic carbocycles. The van der Waals surface area contributed by atoms with Gasteiger partial charge in [-0.3, -0.25) is 9.69 Å². The molecule has 1 unspecified atom stereocenters. The molecule has 2 fully saturated rings. The summed E-state index contributed by atoms with van der Waals surface area (Å²) in [4.78, 5) is 15.6. The molecule has 1 N–H and O–H groups in total. The van der Waals surface area contributed by atoms with Gasteiger partial charge in [-0.15, -0.1) is 0 Å². The van der Waals surface area contributed by atoms with Crippen LogP contribution in [0.4, 0.5) is 0 Å². The Hall–Kier alpha value is -2.42. The van der Waals surface area contributed by atoms with Crippen molar-refractivity contribution in [1.82, 2.24) is 14.5 Å². The fraction of sp³-hybridized carbons (Fsp3) is 0.500. The van der Waals surface area contributed by atoms with Gasteiger partial charge >= 0.3 is 0 Å². The Balaban J connectivity index is 1.47. The summed E-state index contributed by atoms with van der Waals surface area (Å²) in [5, 5.41) is 3.05. The van der Waals surface area contributed by atoms with Gasteiger partial charge in [-0.2, -0.15) is 4.31 Å². The summed E-state index contributed by atoms with van der Waals surface area (Å²) in [6.07, 6.45) is 6.17. The highest BCUT2D eigenvalue weighted by Crippen LogP contribution is 2.27. The first kappa shape index (κ1) is 24.7. The average Bonchev–Trinajstić information content (AvgIpc) is 3.25. The van der Waals surface area contributed by atoms with Crippen LogP contribution in [0.15, 0.2) is 53.4 Å². The van der Waals surface area contributed by atoms with Crippen LogP contribution in [0.5, 0.6) is 5.75 Å². The Labute approximate surface area is 203 Å². The standard InChI is InChI=1S/C26H35N3O4S/c1-33-23-13-11-21(12-14-23)25(28-15-6-7-16-28)20-27-26(30)22-9-8-10-24(19-22)34(31,32)29-17-4-2-3-5-18-29/h8-14,19,25H,2-7,15-18,20H2,1H3,(H,27,30). The summed E-state index contributed by atoms with van der Waals surface area (Å²) < 4.78 is 33.2. The van der Waals surface area contributed by atoms with Crippen molar-refractivity contribution in [3.63, 3.8) is 0 Å². The Morgan fingerprint density at radius 3 is 2.24 bits per heavy atom. The predicted molar refractivity (Wildman–Crippen MR) is 133 cm³/mol. The molecular weight excluding hydrogens is 450 g/mol. The van der Waals surface area contributed by atoms with Crippen LogP contribution >= 0.6 is 0 Å². The largest absolute Gasteiger partial charge is 0.497 e. The fourth-order valence-electron chi connectivity index (χ4n) is 4.86. The number of rotatable bonds is 8. The second-order valence-electron chi connectivity index (χ2n) is 9.09. The highest BCUT2D eigenvalue weighted by atomic mass is 32.2. The van der Waals surface area contributed by atoms with Crippen molar-refractivity contribution in [2.45, 2.75) is 49.5 Å². The van der Waals surface area contributed by atoms with Crippen LogP contribution in [0.25, 0.3) is 0 Å². The minimum Gasteiger partial charge on any atom is -0.497 e. The zero-order valence-corrected chi connectivity index (χ0v) is 20.7. The summed E-state index contributed by atoms with van der Waals surface area (Å²) in [6.45, 7) is 3.52. The Morgan fingerprint density at radius 1 is 0.941 bits per heavy atom. The zero-order chi connectivity index (χ0) is 24.0. The molecule has 1 amide bonds. The molecule has 0 radical (unpaired) electrons. The van der Waals surface area contributed by atoms with E-state index in [1.165, 1.54) is 6.07 Å². The van der Waals surface area contributed by atoms with Crippen LogP contribution in [-0.2, 0) is 10.0 Å². The van der Waals surface area contributed by atoms with Crippen LogP contribution < -0.4 is 10.1 Å². The van der Waals surface area contributed by atoms with E-state index >= 15 is 0 Å². The number of likely N-dealkylation sites (tertiary alicyclic amines) is 1. The number of hydrogen-bond donors (Lipinski definition) is 1. The molecule has 1 atom stereocenters. The third-order valence-corrected chi connectivity index (χ3v) is 8.73. The summed E-state index contributed by atoms with van der Waals surface area (Å²) in [7, 11) is -1.95. The minimum absolute atomic E-state index is 0.0568. The molecule has 2 saturated heterocycles. The predicted octanol–water partition coefficient (Wildman–Crippen LogP) is 3.83. The minimum atomic E-state index is -3.60. The van der Waals surface area contributed by atoms with Crippen molar-refractivity contribution >= 4 is 15.9 Å². The monoisotopic (exact) mass is 485 g/mol. The zero-order valence-electron chi connectivity index (χ0n) is 19.9. The quantitative estimate of drug-likeness (QED) is 0.615. The number of carbonyl (C=O) groups is 1. The van der Waals surface area contributed by atoms with Gasteiger partial charge < -0.3 is 10.1 Å². The number of benzene rings is 2. The van der Waals surface area contributed by atoms with Gasteiger partial charge in [-0.1, -0.05) is 31.0 Å². The number of methoxy groups -OCH3 is 1. The van der Waals surface area contributed by atoms with Crippen LogP contribution in [-0.4, -0.2) is 63.4 Å². The first-order valence-corrected chi connectivity index (χ1v) is 13.7. The summed E-state index contributed by atoms with van der Waals surface area (Å²) >= 11 is 0. The number of carbonyl (C=O) groups excluding carboxylic acids is 1. The number of ether oxygens (including phenoxy) is 1. The van der Waals surface area contributed by atoms with Crippen LogP contribution in [0.2, 0.25) is 0 Å². The van der Waals surface area contributed by atoms with E-state index in [1.807, 2.05) is 24.3 Å². The SMILES string of the molecule is COc1ccc(C(CNC(=O)c2cccc(S(=O)(=O)N3CCCCCC3)c2)N2CCCC2)cc1. The molecule has 8 heteroatoms. The highest BCUT2D eigenvalue weighted by molar-refractivity contribution is 7.89. The van der Waals surface area contributed by atoms with Crippen molar-refractivity contribution in [3.05, 3.63) is 59.7 Å². The molecule has 2 aliphatic heterocycles. The smallest absolute Gasteiger partial charge is 0.251 e. The molecular formula is C26H35N3O4S. The third-order valence-electron chi connectivity index (χ3n) is 6.84. The van der Waals surface area contributed by atoms with E-state index in [9.17, 15) is 13.2 Å². The molecule has 0 saturated carbocycles. The van der Waals surface area contributed by atoms with Crippen molar-refractivity contribution in [3.8, 4) is 5.75 Å². The number of amides is 1. The van der Waals surface area contributed by atoms with Gasteiger partial charge in [0.25, 0.3) is 5.91 Å². The maximum atomic E-state index is 13.2. The maximum absolute atomic E-state index is 13.2. The van der Waals surface area contributed by atoms with E-state index in [2.05, 4.69) is 10.2 Å². The topological polar surface area (TPSA) is 78.9 Å². The molecule has 34 heavy (non-hydrogen) atoms. The number of sulfonamides is 1. The Kier molecular flexibility index (Phi) is 8.24. The molecule has 184 valence electrons. The lowest BCUT2D eigenvalue weighted by molar-refractivity contribution is 0.0937.